The van der Waals surface area contributed by atoms with Crippen LogP contribution in [0.4, 0.5) is 0 Å². The van der Waals surface area contributed by atoms with E-state index in [1.807, 2.05) is 68.4 Å². The first-order valence-corrected chi connectivity index (χ1v) is 12.9. The molecular formula is C30H25ClN2O4S. The quantitative estimate of drug-likeness (QED) is 0.194. The molecule has 2 aromatic heterocycles. The van der Waals surface area contributed by atoms with Crippen LogP contribution in [0.1, 0.15) is 22.3 Å². The van der Waals surface area contributed by atoms with Crippen LogP contribution in [0.3, 0.4) is 0 Å². The van der Waals surface area contributed by atoms with Crippen molar-refractivity contribution >= 4 is 56.8 Å². The van der Waals surface area contributed by atoms with Gasteiger partial charge in [-0.1, -0.05) is 53.6 Å². The highest BCUT2D eigenvalue weighted by atomic mass is 35.5. The first-order chi connectivity index (χ1) is 18.3. The number of hydrogen-bond donors (Lipinski definition) is 2. The summed E-state index contributed by atoms with van der Waals surface area (Å²) >= 11 is 11.2. The van der Waals surface area contributed by atoms with E-state index in [1.54, 1.807) is 12.3 Å². The lowest BCUT2D eigenvalue weighted by atomic mass is 9.99. The van der Waals surface area contributed by atoms with E-state index in [2.05, 4.69) is 10.6 Å². The fourth-order valence-corrected chi connectivity index (χ4v) is 4.76. The van der Waals surface area contributed by atoms with Crippen LogP contribution >= 0.6 is 23.8 Å². The molecule has 0 spiro atoms. The van der Waals surface area contributed by atoms with Crippen LogP contribution < -0.4 is 16.3 Å². The minimum absolute atomic E-state index is 0.155. The van der Waals surface area contributed by atoms with Gasteiger partial charge in [0.25, 0.3) is 0 Å². The Hall–Kier alpha value is -3.94. The molecule has 0 saturated heterocycles. The SMILES string of the molecule is Cc1ccc(-c2coc3cc4oc(=O)c(CC(=O)NC(=S)NCCc5ccc(Cl)cc5)c(C)c4cc23)cc1. The van der Waals surface area contributed by atoms with Gasteiger partial charge < -0.3 is 19.5 Å². The van der Waals surface area contributed by atoms with Crippen molar-refractivity contribution in [1.82, 2.24) is 10.6 Å². The van der Waals surface area contributed by atoms with Crippen molar-refractivity contribution in [1.29, 1.82) is 0 Å². The number of carbonyl (C=O) groups excluding carboxylic acids is 1. The van der Waals surface area contributed by atoms with Crippen LogP contribution in [0.5, 0.6) is 0 Å². The molecule has 2 N–H and O–H groups in total. The molecule has 6 nitrogen and oxygen atoms in total. The van der Waals surface area contributed by atoms with Gasteiger partial charge in [0.15, 0.2) is 5.11 Å². The van der Waals surface area contributed by atoms with E-state index in [-0.39, 0.29) is 11.5 Å². The zero-order valence-corrected chi connectivity index (χ0v) is 22.5. The van der Waals surface area contributed by atoms with Crippen LogP contribution in [0.15, 0.2) is 80.6 Å². The third-order valence-electron chi connectivity index (χ3n) is 6.55. The van der Waals surface area contributed by atoms with Crippen molar-refractivity contribution in [2.45, 2.75) is 26.7 Å². The van der Waals surface area contributed by atoms with Gasteiger partial charge >= 0.3 is 5.63 Å². The molecule has 8 heteroatoms. The smallest absolute Gasteiger partial charge is 0.340 e. The lowest BCUT2D eigenvalue weighted by Gasteiger charge is -2.11. The molecule has 5 rings (SSSR count). The van der Waals surface area contributed by atoms with Crippen molar-refractivity contribution in [3.63, 3.8) is 0 Å². The van der Waals surface area contributed by atoms with Crippen molar-refractivity contribution in [3.8, 4) is 11.1 Å². The van der Waals surface area contributed by atoms with Gasteiger partial charge in [0, 0.05) is 34.0 Å². The number of hydrogen-bond acceptors (Lipinski definition) is 5. The van der Waals surface area contributed by atoms with E-state index in [9.17, 15) is 9.59 Å². The minimum Gasteiger partial charge on any atom is -0.464 e. The number of carbonyl (C=O) groups is 1. The predicted octanol–water partition coefficient (Wildman–Crippen LogP) is 6.25. The molecule has 0 bridgehead atoms. The maximum atomic E-state index is 12.8. The Balaban J connectivity index is 1.32. The Kier molecular flexibility index (Phi) is 7.31. The van der Waals surface area contributed by atoms with E-state index in [4.69, 9.17) is 32.7 Å². The van der Waals surface area contributed by atoms with E-state index >= 15 is 0 Å². The number of thiocarbonyl (C=S) groups is 1. The van der Waals surface area contributed by atoms with Gasteiger partial charge in [0.05, 0.1) is 18.2 Å². The molecule has 2 heterocycles. The first-order valence-electron chi connectivity index (χ1n) is 12.1. The molecule has 0 aliphatic heterocycles. The van der Waals surface area contributed by atoms with Gasteiger partial charge in [-0.05, 0) is 67.4 Å². The minimum atomic E-state index is -0.559. The number of rotatable bonds is 6. The topological polar surface area (TPSA) is 84.5 Å². The Bertz CT molecular complexity index is 1720. The summed E-state index contributed by atoms with van der Waals surface area (Å²) in [5, 5.41) is 8.20. The number of amides is 1. The fourth-order valence-electron chi connectivity index (χ4n) is 4.42. The Morgan fingerprint density at radius 3 is 2.45 bits per heavy atom. The lowest BCUT2D eigenvalue weighted by Crippen LogP contribution is -2.41. The summed E-state index contributed by atoms with van der Waals surface area (Å²) in [4.78, 5) is 25.5. The highest BCUT2D eigenvalue weighted by Crippen LogP contribution is 2.34. The van der Waals surface area contributed by atoms with Crippen LogP contribution in [-0.2, 0) is 17.6 Å². The predicted molar refractivity (Wildman–Crippen MR) is 155 cm³/mol. The second-order valence-electron chi connectivity index (χ2n) is 9.21. The number of nitrogens with one attached hydrogen (secondary N) is 2. The number of aryl methyl sites for hydroxylation is 2. The molecule has 0 radical (unpaired) electrons. The molecular weight excluding hydrogens is 520 g/mol. The maximum Gasteiger partial charge on any atom is 0.340 e. The van der Waals surface area contributed by atoms with Gasteiger partial charge in [-0.2, -0.15) is 0 Å². The molecule has 38 heavy (non-hydrogen) atoms. The summed E-state index contributed by atoms with van der Waals surface area (Å²) in [6, 6.07) is 19.4. The molecule has 5 aromatic rings. The van der Waals surface area contributed by atoms with E-state index in [1.165, 1.54) is 5.56 Å². The van der Waals surface area contributed by atoms with Gasteiger partial charge in [-0.15, -0.1) is 0 Å². The van der Waals surface area contributed by atoms with Crippen LogP contribution in [0.2, 0.25) is 5.02 Å². The average molecular weight is 545 g/mol. The second-order valence-corrected chi connectivity index (χ2v) is 10.1. The average Bonchev–Trinajstić information content (AvgIpc) is 3.30. The second kappa shape index (κ2) is 10.8. The van der Waals surface area contributed by atoms with Gasteiger partial charge in [-0.25, -0.2) is 4.79 Å². The van der Waals surface area contributed by atoms with Crippen molar-refractivity contribution in [3.05, 3.63) is 105 Å². The third kappa shape index (κ3) is 5.49. The van der Waals surface area contributed by atoms with Gasteiger partial charge in [0.2, 0.25) is 5.91 Å². The summed E-state index contributed by atoms with van der Waals surface area (Å²) in [6.45, 7) is 4.40. The van der Waals surface area contributed by atoms with Crippen LogP contribution in [-0.4, -0.2) is 17.6 Å². The highest BCUT2D eigenvalue weighted by Gasteiger charge is 2.18. The van der Waals surface area contributed by atoms with E-state index in [0.29, 0.717) is 40.3 Å². The Labute approximate surface area is 229 Å². The normalized spacial score (nSPS) is 11.1. The first kappa shape index (κ1) is 25.7. The standard InChI is InChI=1S/C30H25ClN2O4S/c1-17-3-7-20(8-4-17)25-16-36-26-15-27-22(13-24(25)26)18(2)23(29(35)37-27)14-28(34)33-30(38)32-12-11-19-5-9-21(31)10-6-19/h3-10,13,15-16H,11-12,14H2,1-2H3,(H2,32,33,34,38). The number of benzene rings is 3. The zero-order chi connectivity index (χ0) is 26.8. The zero-order valence-electron chi connectivity index (χ0n) is 20.9. The molecule has 0 aliphatic rings. The summed E-state index contributed by atoms with van der Waals surface area (Å²) in [5.74, 6) is -0.395. The Morgan fingerprint density at radius 2 is 1.71 bits per heavy atom. The summed E-state index contributed by atoms with van der Waals surface area (Å²) in [5.41, 5.74) is 5.69. The van der Waals surface area contributed by atoms with Gasteiger partial charge in [0.1, 0.15) is 11.2 Å². The summed E-state index contributed by atoms with van der Waals surface area (Å²) < 4.78 is 11.4. The number of halogens is 1. The van der Waals surface area contributed by atoms with E-state index in [0.717, 1.165) is 27.5 Å². The van der Waals surface area contributed by atoms with Crippen molar-refractivity contribution in [2.75, 3.05) is 6.54 Å². The van der Waals surface area contributed by atoms with Crippen LogP contribution in [0, 0.1) is 13.8 Å². The molecule has 192 valence electrons. The molecule has 0 aliphatic carbocycles. The van der Waals surface area contributed by atoms with E-state index < -0.39 is 11.5 Å². The molecule has 3 aromatic carbocycles. The Morgan fingerprint density at radius 1 is 0.974 bits per heavy atom. The van der Waals surface area contributed by atoms with Crippen molar-refractivity contribution < 1.29 is 13.6 Å². The molecule has 1 amide bonds. The molecule has 0 fully saturated rings. The van der Waals surface area contributed by atoms with Crippen molar-refractivity contribution in [2.24, 2.45) is 0 Å². The summed E-state index contributed by atoms with van der Waals surface area (Å²) in [6.07, 6.45) is 2.27. The monoisotopic (exact) mass is 544 g/mol. The molecule has 0 unspecified atom stereocenters. The fraction of sp³-hybridized carbons (Fsp3) is 0.167. The maximum absolute atomic E-state index is 12.8. The third-order valence-corrected chi connectivity index (χ3v) is 7.05. The van der Waals surface area contributed by atoms with Crippen LogP contribution in [0.25, 0.3) is 33.1 Å². The molecule has 0 saturated carbocycles. The van der Waals surface area contributed by atoms with Gasteiger partial charge in [-0.3, -0.25) is 4.79 Å². The molecule has 0 atom stereocenters. The number of furan rings is 1. The number of fused-ring (bicyclic) bond motifs is 2. The summed E-state index contributed by atoms with van der Waals surface area (Å²) in [7, 11) is 0. The lowest BCUT2D eigenvalue weighted by molar-refractivity contribution is -0.119. The largest absolute Gasteiger partial charge is 0.464 e. The highest BCUT2D eigenvalue weighted by molar-refractivity contribution is 7.80.